The number of carboxylic acids is 1. The average Bonchev–Trinajstić information content (AvgIpc) is 2.65. The monoisotopic (exact) mass is 227 g/mol. The highest BCUT2D eigenvalue weighted by atomic mass is 16.4. The molecule has 0 bridgehead atoms. The van der Waals surface area contributed by atoms with Crippen LogP contribution < -0.4 is 5.32 Å². The van der Waals surface area contributed by atoms with Crippen LogP contribution in [0.1, 0.15) is 45.4 Å². The first-order valence-corrected chi connectivity index (χ1v) is 6.06. The average molecular weight is 227 g/mol. The standard InChI is InChI=1S/C12H21NO3/c1-9(7-12(15)16)6-11(14)13-8-10-4-2-3-5-10/h9-10H,2-8H2,1H3,(H,13,14)(H,15,16). The van der Waals surface area contributed by atoms with Gasteiger partial charge in [-0.3, -0.25) is 9.59 Å². The summed E-state index contributed by atoms with van der Waals surface area (Å²) in [6.07, 6.45) is 5.36. The molecule has 0 saturated heterocycles. The first-order valence-electron chi connectivity index (χ1n) is 6.06. The lowest BCUT2D eigenvalue weighted by Gasteiger charge is -2.12. The number of rotatable bonds is 6. The minimum atomic E-state index is -0.837. The van der Waals surface area contributed by atoms with Crippen molar-refractivity contribution in [3.63, 3.8) is 0 Å². The maximum absolute atomic E-state index is 11.5. The van der Waals surface area contributed by atoms with Crippen molar-refractivity contribution in [2.24, 2.45) is 11.8 Å². The second-order valence-corrected chi connectivity index (χ2v) is 4.86. The Morgan fingerprint density at radius 3 is 2.50 bits per heavy atom. The summed E-state index contributed by atoms with van der Waals surface area (Å²) < 4.78 is 0. The van der Waals surface area contributed by atoms with E-state index >= 15 is 0 Å². The first-order chi connectivity index (χ1) is 7.58. The molecular weight excluding hydrogens is 206 g/mol. The van der Waals surface area contributed by atoms with E-state index in [4.69, 9.17) is 5.11 Å². The van der Waals surface area contributed by atoms with E-state index in [2.05, 4.69) is 5.32 Å². The molecule has 0 radical (unpaired) electrons. The number of hydrogen-bond donors (Lipinski definition) is 2. The summed E-state index contributed by atoms with van der Waals surface area (Å²) in [5.41, 5.74) is 0. The van der Waals surface area contributed by atoms with Crippen molar-refractivity contribution in [3.8, 4) is 0 Å². The molecule has 1 aliphatic rings. The number of carbonyl (C=O) groups is 2. The lowest BCUT2D eigenvalue weighted by Crippen LogP contribution is -2.29. The second-order valence-electron chi connectivity index (χ2n) is 4.86. The van der Waals surface area contributed by atoms with Gasteiger partial charge in [0.25, 0.3) is 0 Å². The van der Waals surface area contributed by atoms with Gasteiger partial charge < -0.3 is 10.4 Å². The molecule has 0 aromatic carbocycles. The van der Waals surface area contributed by atoms with Crippen molar-refractivity contribution in [1.82, 2.24) is 5.32 Å². The molecule has 0 heterocycles. The van der Waals surface area contributed by atoms with Crippen molar-refractivity contribution in [3.05, 3.63) is 0 Å². The van der Waals surface area contributed by atoms with Crippen LogP contribution >= 0.6 is 0 Å². The van der Waals surface area contributed by atoms with Crippen molar-refractivity contribution >= 4 is 11.9 Å². The molecule has 1 saturated carbocycles. The summed E-state index contributed by atoms with van der Waals surface area (Å²) in [4.78, 5) is 21.9. The second kappa shape index (κ2) is 6.51. The Balaban J connectivity index is 2.12. The highest BCUT2D eigenvalue weighted by Crippen LogP contribution is 2.23. The van der Waals surface area contributed by atoms with Gasteiger partial charge in [0.2, 0.25) is 5.91 Å². The van der Waals surface area contributed by atoms with Crippen LogP contribution in [0.2, 0.25) is 0 Å². The topological polar surface area (TPSA) is 66.4 Å². The fourth-order valence-corrected chi connectivity index (χ4v) is 2.23. The molecule has 92 valence electrons. The van der Waals surface area contributed by atoms with Crippen LogP contribution in [-0.4, -0.2) is 23.5 Å². The van der Waals surface area contributed by atoms with Gasteiger partial charge >= 0.3 is 5.97 Å². The molecule has 0 spiro atoms. The Bertz CT molecular complexity index is 247. The zero-order valence-corrected chi connectivity index (χ0v) is 9.87. The van der Waals surface area contributed by atoms with E-state index in [0.29, 0.717) is 12.3 Å². The number of carbonyl (C=O) groups excluding carboxylic acids is 1. The Hall–Kier alpha value is -1.06. The molecule has 4 nitrogen and oxygen atoms in total. The molecule has 0 aromatic rings. The van der Waals surface area contributed by atoms with E-state index in [0.717, 1.165) is 6.54 Å². The number of carboxylic acid groups (broad SMARTS) is 1. The molecule has 1 aliphatic carbocycles. The van der Waals surface area contributed by atoms with Gasteiger partial charge in [0.1, 0.15) is 0 Å². The molecule has 4 heteroatoms. The van der Waals surface area contributed by atoms with Crippen LogP contribution in [0.5, 0.6) is 0 Å². The highest BCUT2D eigenvalue weighted by molar-refractivity contribution is 5.77. The summed E-state index contributed by atoms with van der Waals surface area (Å²) in [7, 11) is 0. The van der Waals surface area contributed by atoms with E-state index in [1.54, 1.807) is 6.92 Å². The van der Waals surface area contributed by atoms with Gasteiger partial charge in [-0.2, -0.15) is 0 Å². The molecule has 1 fully saturated rings. The van der Waals surface area contributed by atoms with Gasteiger partial charge in [0.15, 0.2) is 0 Å². The minimum Gasteiger partial charge on any atom is -0.481 e. The Kier molecular flexibility index (Phi) is 5.29. The molecule has 1 rings (SSSR count). The summed E-state index contributed by atoms with van der Waals surface area (Å²) in [5, 5.41) is 11.5. The fraction of sp³-hybridized carbons (Fsp3) is 0.833. The van der Waals surface area contributed by atoms with Crippen LogP contribution in [0.4, 0.5) is 0 Å². The van der Waals surface area contributed by atoms with Crippen molar-refractivity contribution in [2.45, 2.75) is 45.4 Å². The fourth-order valence-electron chi connectivity index (χ4n) is 2.23. The number of hydrogen-bond acceptors (Lipinski definition) is 2. The number of amides is 1. The van der Waals surface area contributed by atoms with Crippen LogP contribution in [0, 0.1) is 11.8 Å². The van der Waals surface area contributed by atoms with Gasteiger partial charge in [-0.15, -0.1) is 0 Å². The normalized spacial score (nSPS) is 18.3. The number of nitrogens with one attached hydrogen (secondary N) is 1. The maximum Gasteiger partial charge on any atom is 0.303 e. The van der Waals surface area contributed by atoms with Gasteiger partial charge in [-0.1, -0.05) is 19.8 Å². The number of aliphatic carboxylic acids is 1. The third-order valence-electron chi connectivity index (χ3n) is 3.12. The molecule has 0 aromatic heterocycles. The van der Waals surface area contributed by atoms with E-state index in [9.17, 15) is 9.59 Å². The minimum absolute atomic E-state index is 0.0133. The summed E-state index contributed by atoms with van der Waals surface area (Å²) in [6.45, 7) is 2.56. The van der Waals surface area contributed by atoms with Crippen molar-refractivity contribution < 1.29 is 14.7 Å². The maximum atomic E-state index is 11.5. The molecular formula is C12H21NO3. The Morgan fingerprint density at radius 1 is 1.31 bits per heavy atom. The summed E-state index contributed by atoms with van der Waals surface area (Å²) >= 11 is 0. The Labute approximate surface area is 96.4 Å². The molecule has 1 amide bonds. The predicted octanol–water partition coefficient (Wildman–Crippen LogP) is 1.79. The van der Waals surface area contributed by atoms with E-state index in [1.165, 1.54) is 25.7 Å². The third-order valence-corrected chi connectivity index (χ3v) is 3.12. The van der Waals surface area contributed by atoms with Gasteiger partial charge in [-0.25, -0.2) is 0 Å². The van der Waals surface area contributed by atoms with Gasteiger partial charge in [0, 0.05) is 19.4 Å². The smallest absolute Gasteiger partial charge is 0.303 e. The molecule has 16 heavy (non-hydrogen) atoms. The van der Waals surface area contributed by atoms with Crippen LogP contribution in [-0.2, 0) is 9.59 Å². The van der Waals surface area contributed by atoms with Gasteiger partial charge in [-0.05, 0) is 24.7 Å². The van der Waals surface area contributed by atoms with Crippen LogP contribution in [0.3, 0.4) is 0 Å². The van der Waals surface area contributed by atoms with Crippen molar-refractivity contribution in [1.29, 1.82) is 0 Å². The van der Waals surface area contributed by atoms with Crippen molar-refractivity contribution in [2.75, 3.05) is 6.54 Å². The molecule has 1 atom stereocenters. The summed E-state index contributed by atoms with van der Waals surface area (Å²) in [6, 6.07) is 0. The van der Waals surface area contributed by atoms with Crippen LogP contribution in [0.15, 0.2) is 0 Å². The zero-order chi connectivity index (χ0) is 12.0. The predicted molar refractivity (Wildman–Crippen MR) is 61.0 cm³/mol. The summed E-state index contributed by atoms with van der Waals surface area (Å²) in [5.74, 6) is -0.295. The quantitative estimate of drug-likeness (QED) is 0.727. The zero-order valence-electron chi connectivity index (χ0n) is 9.87. The highest BCUT2D eigenvalue weighted by Gasteiger charge is 2.17. The largest absolute Gasteiger partial charge is 0.481 e. The first kappa shape index (κ1) is 13.0. The third kappa shape index (κ3) is 5.14. The van der Waals surface area contributed by atoms with Crippen LogP contribution in [0.25, 0.3) is 0 Å². The van der Waals surface area contributed by atoms with Gasteiger partial charge in [0.05, 0.1) is 0 Å². The van der Waals surface area contributed by atoms with E-state index in [1.807, 2.05) is 0 Å². The lowest BCUT2D eigenvalue weighted by atomic mass is 10.0. The Morgan fingerprint density at radius 2 is 1.94 bits per heavy atom. The molecule has 1 unspecified atom stereocenters. The molecule has 0 aliphatic heterocycles. The van der Waals surface area contributed by atoms with E-state index in [-0.39, 0.29) is 18.2 Å². The SMILES string of the molecule is CC(CC(=O)O)CC(=O)NCC1CCCC1. The van der Waals surface area contributed by atoms with E-state index < -0.39 is 5.97 Å². The lowest BCUT2D eigenvalue weighted by molar-refractivity contribution is -0.138. The molecule has 2 N–H and O–H groups in total.